The molecule has 0 fully saturated rings. The Hall–Kier alpha value is -3.20. The number of carbonyl (C=O) groups is 1. The van der Waals surface area contributed by atoms with E-state index in [1.807, 2.05) is 0 Å². The Balaban J connectivity index is 1.53. The van der Waals surface area contributed by atoms with Gasteiger partial charge in [0, 0.05) is 29.4 Å². The minimum Gasteiger partial charge on any atom is -0.324 e. The lowest BCUT2D eigenvalue weighted by Crippen LogP contribution is -2.14. The van der Waals surface area contributed by atoms with E-state index in [4.69, 9.17) is 0 Å². The second kappa shape index (κ2) is 7.58. The van der Waals surface area contributed by atoms with E-state index in [0.29, 0.717) is 11.5 Å². The van der Waals surface area contributed by atoms with Crippen LogP contribution in [0.25, 0.3) is 5.82 Å². The van der Waals surface area contributed by atoms with Crippen molar-refractivity contribution in [1.29, 1.82) is 0 Å². The number of carbonyl (C=O) groups excluding carboxylic acids is 1. The molecule has 0 radical (unpaired) electrons. The van der Waals surface area contributed by atoms with Gasteiger partial charge in [0.05, 0.1) is 22.6 Å². The molecule has 1 aromatic carbocycles. The monoisotopic (exact) mass is 355 g/mol. The number of nitro groups is 1. The fourth-order valence-corrected chi connectivity index (χ4v) is 2.71. The first-order valence-electron chi connectivity index (χ1n) is 7.25. The predicted octanol–water partition coefficient (Wildman–Crippen LogP) is 2.91. The van der Waals surface area contributed by atoms with E-state index < -0.39 is 4.92 Å². The Labute approximate surface area is 147 Å². The predicted molar refractivity (Wildman–Crippen MR) is 93.8 cm³/mol. The number of anilines is 1. The van der Waals surface area contributed by atoms with Crippen LogP contribution in [-0.4, -0.2) is 31.3 Å². The van der Waals surface area contributed by atoms with Crippen LogP contribution < -0.4 is 5.32 Å². The number of amides is 1. The Bertz CT molecular complexity index is 864. The summed E-state index contributed by atoms with van der Waals surface area (Å²) in [6, 6.07) is 11.4. The maximum Gasteiger partial charge on any atom is 0.269 e. The largest absolute Gasteiger partial charge is 0.324 e. The molecule has 1 amide bonds. The van der Waals surface area contributed by atoms with Crippen molar-refractivity contribution in [1.82, 2.24) is 14.8 Å². The molecule has 1 N–H and O–H groups in total. The molecule has 0 aliphatic heterocycles. The van der Waals surface area contributed by atoms with Crippen LogP contribution in [0.15, 0.2) is 66.0 Å². The van der Waals surface area contributed by atoms with Gasteiger partial charge in [0.25, 0.3) is 5.69 Å². The maximum absolute atomic E-state index is 12.0. The van der Waals surface area contributed by atoms with E-state index in [9.17, 15) is 14.9 Å². The lowest BCUT2D eigenvalue weighted by molar-refractivity contribution is -0.384. The number of nitrogens with one attached hydrogen (secondary N) is 1. The minimum atomic E-state index is -0.457. The first-order valence-corrected chi connectivity index (χ1v) is 8.23. The van der Waals surface area contributed by atoms with E-state index in [1.54, 1.807) is 53.6 Å². The number of nitrogens with zero attached hydrogens (tertiary/aromatic N) is 4. The van der Waals surface area contributed by atoms with Crippen LogP contribution in [-0.2, 0) is 4.79 Å². The molecule has 126 valence electrons. The molecule has 0 aliphatic carbocycles. The van der Waals surface area contributed by atoms with Crippen molar-refractivity contribution in [2.45, 2.75) is 4.90 Å². The van der Waals surface area contributed by atoms with Crippen molar-refractivity contribution in [3.05, 3.63) is 71.2 Å². The summed E-state index contributed by atoms with van der Waals surface area (Å²) >= 11 is 1.30. The molecular formula is C16H13N5O3S. The Kier molecular flexibility index (Phi) is 5.05. The van der Waals surface area contributed by atoms with Crippen LogP contribution in [0.1, 0.15) is 0 Å². The Morgan fingerprint density at radius 2 is 2.04 bits per heavy atom. The summed E-state index contributed by atoms with van der Waals surface area (Å²) < 4.78 is 1.62. The summed E-state index contributed by atoms with van der Waals surface area (Å²) in [6.45, 7) is 0. The number of nitro benzene ring substituents is 1. The zero-order valence-corrected chi connectivity index (χ0v) is 13.7. The molecular weight excluding hydrogens is 342 g/mol. The Morgan fingerprint density at radius 1 is 1.24 bits per heavy atom. The number of hydrogen-bond donors (Lipinski definition) is 1. The quantitative estimate of drug-likeness (QED) is 0.414. The summed E-state index contributed by atoms with van der Waals surface area (Å²) in [5, 5.41) is 17.4. The van der Waals surface area contributed by atoms with Gasteiger partial charge in [-0.15, -0.1) is 11.8 Å². The summed E-state index contributed by atoms with van der Waals surface area (Å²) in [5.41, 5.74) is 0.613. The molecule has 8 nitrogen and oxygen atoms in total. The van der Waals surface area contributed by atoms with Crippen LogP contribution in [0.5, 0.6) is 0 Å². The van der Waals surface area contributed by atoms with Crippen LogP contribution >= 0.6 is 11.8 Å². The van der Waals surface area contributed by atoms with Gasteiger partial charge in [0.1, 0.15) is 0 Å². The zero-order chi connectivity index (χ0) is 17.6. The van der Waals surface area contributed by atoms with Gasteiger partial charge >= 0.3 is 0 Å². The number of benzene rings is 1. The van der Waals surface area contributed by atoms with Crippen molar-refractivity contribution in [3.63, 3.8) is 0 Å². The van der Waals surface area contributed by atoms with Crippen LogP contribution in [0.3, 0.4) is 0 Å². The van der Waals surface area contributed by atoms with Crippen LogP contribution in [0.2, 0.25) is 0 Å². The Morgan fingerprint density at radius 3 is 2.64 bits per heavy atom. The number of pyridine rings is 1. The standard InChI is InChI=1S/C16H13N5O3S/c22-16(11-25-14-5-3-13(4-6-14)21(23)24)19-12-2-7-15(17-10-12)20-9-1-8-18-20/h1-10H,11H2,(H,19,22). The molecule has 2 heterocycles. The highest BCUT2D eigenvalue weighted by Crippen LogP contribution is 2.21. The van der Waals surface area contributed by atoms with Gasteiger partial charge in [0.15, 0.2) is 5.82 Å². The molecule has 0 atom stereocenters. The third-order valence-electron chi connectivity index (χ3n) is 3.19. The van der Waals surface area contributed by atoms with E-state index >= 15 is 0 Å². The third-order valence-corrected chi connectivity index (χ3v) is 4.20. The van der Waals surface area contributed by atoms with Gasteiger partial charge in [-0.1, -0.05) is 0 Å². The lowest BCUT2D eigenvalue weighted by atomic mass is 10.3. The fourth-order valence-electron chi connectivity index (χ4n) is 2.01. The zero-order valence-electron chi connectivity index (χ0n) is 12.9. The molecule has 9 heteroatoms. The van der Waals surface area contributed by atoms with Gasteiger partial charge in [-0.2, -0.15) is 5.10 Å². The number of rotatable bonds is 6. The van der Waals surface area contributed by atoms with Crippen molar-refractivity contribution < 1.29 is 9.72 Å². The van der Waals surface area contributed by atoms with E-state index in [-0.39, 0.29) is 17.3 Å². The normalized spacial score (nSPS) is 10.4. The molecule has 0 aliphatic rings. The third kappa shape index (κ3) is 4.42. The molecule has 0 saturated carbocycles. The first kappa shape index (κ1) is 16.7. The van der Waals surface area contributed by atoms with Gasteiger partial charge in [-0.05, 0) is 30.3 Å². The molecule has 2 aromatic heterocycles. The van der Waals surface area contributed by atoms with Crippen molar-refractivity contribution in [2.24, 2.45) is 0 Å². The molecule has 3 rings (SSSR count). The summed E-state index contributed by atoms with van der Waals surface area (Å²) in [7, 11) is 0. The minimum absolute atomic E-state index is 0.0251. The van der Waals surface area contributed by atoms with Crippen molar-refractivity contribution >= 4 is 29.0 Å². The van der Waals surface area contributed by atoms with Crippen LogP contribution in [0.4, 0.5) is 11.4 Å². The summed E-state index contributed by atoms with van der Waals surface area (Å²) in [4.78, 5) is 27.2. The fraction of sp³-hybridized carbons (Fsp3) is 0.0625. The molecule has 3 aromatic rings. The first-order chi connectivity index (χ1) is 12.1. The second-order valence-electron chi connectivity index (χ2n) is 4.94. The average molecular weight is 355 g/mol. The average Bonchev–Trinajstić information content (AvgIpc) is 3.15. The molecule has 0 bridgehead atoms. The highest BCUT2D eigenvalue weighted by Gasteiger charge is 2.07. The second-order valence-corrected chi connectivity index (χ2v) is 5.99. The number of non-ortho nitro benzene ring substituents is 1. The highest BCUT2D eigenvalue weighted by molar-refractivity contribution is 8.00. The maximum atomic E-state index is 12.0. The summed E-state index contributed by atoms with van der Waals surface area (Å²) in [5.74, 6) is 0.666. The molecule has 25 heavy (non-hydrogen) atoms. The van der Waals surface area contributed by atoms with Gasteiger partial charge < -0.3 is 5.32 Å². The number of thioether (sulfide) groups is 1. The van der Waals surface area contributed by atoms with Gasteiger partial charge in [-0.25, -0.2) is 9.67 Å². The van der Waals surface area contributed by atoms with E-state index in [0.717, 1.165) is 4.90 Å². The molecule has 0 unspecified atom stereocenters. The number of hydrogen-bond acceptors (Lipinski definition) is 6. The molecule has 0 spiro atoms. The highest BCUT2D eigenvalue weighted by atomic mass is 32.2. The van der Waals surface area contributed by atoms with E-state index in [2.05, 4.69) is 15.4 Å². The van der Waals surface area contributed by atoms with Gasteiger partial charge in [-0.3, -0.25) is 14.9 Å². The summed E-state index contributed by atoms with van der Waals surface area (Å²) in [6.07, 6.45) is 5.00. The van der Waals surface area contributed by atoms with Crippen LogP contribution in [0, 0.1) is 10.1 Å². The van der Waals surface area contributed by atoms with Gasteiger partial charge in [0.2, 0.25) is 5.91 Å². The smallest absolute Gasteiger partial charge is 0.269 e. The van der Waals surface area contributed by atoms with Crippen molar-refractivity contribution in [2.75, 3.05) is 11.1 Å². The SMILES string of the molecule is O=C(CSc1ccc([N+](=O)[O-])cc1)Nc1ccc(-n2cccn2)nc1. The van der Waals surface area contributed by atoms with E-state index in [1.165, 1.54) is 23.9 Å². The molecule has 0 saturated heterocycles. The van der Waals surface area contributed by atoms with Crippen molar-refractivity contribution in [3.8, 4) is 5.82 Å². The number of aromatic nitrogens is 3. The topological polar surface area (TPSA) is 103 Å². The lowest BCUT2D eigenvalue weighted by Gasteiger charge is -2.06.